The Morgan fingerprint density at radius 1 is 1.36 bits per heavy atom. The fourth-order valence-corrected chi connectivity index (χ4v) is 3.44. The largest absolute Gasteiger partial charge is 0.502 e. The normalized spacial score (nSPS) is 16.0. The molecule has 1 aliphatic rings. The van der Waals surface area contributed by atoms with Gasteiger partial charge in [0.1, 0.15) is 23.5 Å². The van der Waals surface area contributed by atoms with E-state index in [0.29, 0.717) is 47.7 Å². The number of allylic oxidation sites excluding steroid dienone is 2. The predicted molar refractivity (Wildman–Crippen MR) is 110 cm³/mol. The van der Waals surface area contributed by atoms with Crippen molar-refractivity contribution in [1.29, 1.82) is 0 Å². The minimum Gasteiger partial charge on any atom is -0.502 e. The highest BCUT2D eigenvalue weighted by molar-refractivity contribution is 6.32. The maximum atomic E-state index is 14.6. The van der Waals surface area contributed by atoms with Gasteiger partial charge in [0.25, 0.3) is 0 Å². The Hall–Kier alpha value is -2.53. The highest BCUT2D eigenvalue weighted by Crippen LogP contribution is 2.35. The summed E-state index contributed by atoms with van der Waals surface area (Å²) in [6.07, 6.45) is 2.87. The summed E-state index contributed by atoms with van der Waals surface area (Å²) in [5.41, 5.74) is 1.83. The average molecular weight is 406 g/mol. The van der Waals surface area contributed by atoms with E-state index >= 15 is 0 Å². The maximum absolute atomic E-state index is 14.6. The number of fused-ring (bicyclic) bond motifs is 1. The third-order valence-electron chi connectivity index (χ3n) is 4.68. The smallest absolute Gasteiger partial charge is 0.145 e. The van der Waals surface area contributed by atoms with Gasteiger partial charge in [0.05, 0.1) is 30.1 Å². The molecule has 0 radical (unpaired) electrons. The Bertz CT molecular complexity index is 907. The van der Waals surface area contributed by atoms with Crippen LogP contribution in [-0.2, 0) is 4.74 Å². The Balaban J connectivity index is 1.82. The Morgan fingerprint density at radius 3 is 2.86 bits per heavy atom. The van der Waals surface area contributed by atoms with Gasteiger partial charge in [-0.1, -0.05) is 24.2 Å². The van der Waals surface area contributed by atoms with E-state index in [0.717, 1.165) is 0 Å². The molecule has 2 aromatic carbocycles. The van der Waals surface area contributed by atoms with Gasteiger partial charge in [-0.2, -0.15) is 0 Å². The summed E-state index contributed by atoms with van der Waals surface area (Å²) in [5.74, 6) is 0.245. The van der Waals surface area contributed by atoms with Gasteiger partial charge in [-0.05, 0) is 43.2 Å². The van der Waals surface area contributed by atoms with Gasteiger partial charge < -0.3 is 14.8 Å². The molecule has 1 aliphatic heterocycles. The number of hydrogen-bond acceptors (Lipinski definition) is 3. The summed E-state index contributed by atoms with van der Waals surface area (Å²) in [6.45, 7) is 6.09. The van der Waals surface area contributed by atoms with Crippen LogP contribution < -0.4 is 10.1 Å². The molecule has 0 amide bonds. The minimum atomic E-state index is -0.450. The lowest BCUT2D eigenvalue weighted by molar-refractivity contribution is 0.183. The second-order valence-corrected chi connectivity index (χ2v) is 7.10. The Morgan fingerprint density at radius 2 is 2.14 bits per heavy atom. The number of nitrogens with one attached hydrogen (secondary N) is 1. The first-order valence-electron chi connectivity index (χ1n) is 8.97. The summed E-state index contributed by atoms with van der Waals surface area (Å²) in [5, 5.41) is 3.55. The standard InChI is InChI=1S/C22H22ClF2NO2/c1-13(22-17(23)5-4-6-18(22)24)9-15-10-20-21(11-19(15)25)28-16(12-26-20)8-7-14(2)27-3/h4-6,9-11,16,26H,2,7-8,12H2,1,3H3. The number of methoxy groups -OCH3 is 1. The lowest BCUT2D eigenvalue weighted by Crippen LogP contribution is -2.31. The molecule has 0 saturated carbocycles. The second kappa shape index (κ2) is 8.65. The van der Waals surface area contributed by atoms with Gasteiger partial charge >= 0.3 is 0 Å². The topological polar surface area (TPSA) is 30.5 Å². The van der Waals surface area contributed by atoms with Crippen LogP contribution in [0.4, 0.5) is 14.5 Å². The van der Waals surface area contributed by atoms with Gasteiger partial charge in [0.15, 0.2) is 0 Å². The molecule has 2 aromatic rings. The molecular weight excluding hydrogens is 384 g/mol. The molecule has 0 spiro atoms. The van der Waals surface area contributed by atoms with E-state index < -0.39 is 11.6 Å². The first kappa shape index (κ1) is 20.2. The zero-order valence-corrected chi connectivity index (χ0v) is 16.6. The van der Waals surface area contributed by atoms with Crippen LogP contribution in [0.15, 0.2) is 42.7 Å². The molecule has 1 unspecified atom stereocenters. The number of halogens is 3. The van der Waals surface area contributed by atoms with E-state index in [-0.39, 0.29) is 16.7 Å². The molecule has 0 aromatic heterocycles. The molecule has 148 valence electrons. The summed E-state index contributed by atoms with van der Waals surface area (Å²) in [4.78, 5) is 0. The van der Waals surface area contributed by atoms with Crippen molar-refractivity contribution in [2.75, 3.05) is 19.0 Å². The molecule has 1 atom stereocenters. The van der Waals surface area contributed by atoms with Crippen LogP contribution >= 0.6 is 11.6 Å². The fraction of sp³-hybridized carbons (Fsp3) is 0.273. The van der Waals surface area contributed by atoms with Gasteiger partial charge in [0, 0.05) is 23.6 Å². The molecule has 0 aliphatic carbocycles. The maximum Gasteiger partial charge on any atom is 0.145 e. The minimum absolute atomic E-state index is 0.0980. The molecule has 3 nitrogen and oxygen atoms in total. The first-order chi connectivity index (χ1) is 13.4. The third-order valence-corrected chi connectivity index (χ3v) is 4.99. The van der Waals surface area contributed by atoms with E-state index in [1.807, 2.05) is 0 Å². The zero-order chi connectivity index (χ0) is 20.3. The quantitative estimate of drug-likeness (QED) is 0.452. The highest BCUT2D eigenvalue weighted by Gasteiger charge is 2.21. The summed E-state index contributed by atoms with van der Waals surface area (Å²) >= 11 is 6.10. The van der Waals surface area contributed by atoms with Gasteiger partial charge in [0.2, 0.25) is 0 Å². The molecule has 1 N–H and O–H groups in total. The van der Waals surface area contributed by atoms with E-state index in [1.54, 1.807) is 32.2 Å². The van der Waals surface area contributed by atoms with Crippen LogP contribution in [0.2, 0.25) is 5.02 Å². The monoisotopic (exact) mass is 405 g/mol. The average Bonchev–Trinajstić information content (AvgIpc) is 2.66. The lowest BCUT2D eigenvalue weighted by Gasteiger charge is -2.28. The fourth-order valence-electron chi connectivity index (χ4n) is 3.13. The molecule has 1 heterocycles. The molecule has 0 bridgehead atoms. The van der Waals surface area contributed by atoms with Crippen molar-refractivity contribution < 1.29 is 18.3 Å². The van der Waals surface area contributed by atoms with Crippen LogP contribution in [0, 0.1) is 11.6 Å². The summed E-state index contributed by atoms with van der Waals surface area (Å²) in [7, 11) is 1.58. The number of ether oxygens (including phenoxy) is 2. The summed E-state index contributed by atoms with van der Waals surface area (Å²) < 4.78 is 39.7. The molecule has 28 heavy (non-hydrogen) atoms. The van der Waals surface area contributed by atoms with Crippen LogP contribution in [0.1, 0.15) is 30.9 Å². The Kier molecular flexibility index (Phi) is 6.25. The van der Waals surface area contributed by atoms with Crippen molar-refractivity contribution in [1.82, 2.24) is 0 Å². The number of hydrogen-bond donors (Lipinski definition) is 1. The van der Waals surface area contributed by atoms with Crippen LogP contribution in [0.3, 0.4) is 0 Å². The van der Waals surface area contributed by atoms with Crippen molar-refractivity contribution in [2.45, 2.75) is 25.9 Å². The molecule has 0 saturated heterocycles. The number of rotatable bonds is 6. The van der Waals surface area contributed by atoms with Crippen molar-refractivity contribution in [3.05, 3.63) is 70.5 Å². The van der Waals surface area contributed by atoms with Crippen molar-refractivity contribution in [2.24, 2.45) is 0 Å². The van der Waals surface area contributed by atoms with Crippen molar-refractivity contribution in [3.8, 4) is 5.75 Å². The van der Waals surface area contributed by atoms with Gasteiger partial charge in [-0.25, -0.2) is 8.78 Å². The molecular formula is C22H22ClF2NO2. The van der Waals surface area contributed by atoms with E-state index in [4.69, 9.17) is 21.1 Å². The van der Waals surface area contributed by atoms with E-state index in [9.17, 15) is 8.78 Å². The van der Waals surface area contributed by atoms with Crippen molar-refractivity contribution in [3.63, 3.8) is 0 Å². The van der Waals surface area contributed by atoms with Crippen LogP contribution in [-0.4, -0.2) is 19.8 Å². The highest BCUT2D eigenvalue weighted by atomic mass is 35.5. The number of anilines is 1. The van der Waals surface area contributed by atoms with Gasteiger partial charge in [-0.15, -0.1) is 0 Å². The van der Waals surface area contributed by atoms with Crippen molar-refractivity contribution >= 4 is 28.9 Å². The zero-order valence-electron chi connectivity index (χ0n) is 15.8. The van der Waals surface area contributed by atoms with E-state index in [1.165, 1.54) is 18.2 Å². The summed E-state index contributed by atoms with van der Waals surface area (Å²) in [6, 6.07) is 7.48. The SMILES string of the molecule is C=C(CCC1CNc2cc(C=C(C)c3c(F)cccc3Cl)c(F)cc2O1)OC. The Labute approximate surface area is 168 Å². The third kappa shape index (κ3) is 4.47. The van der Waals surface area contributed by atoms with E-state index in [2.05, 4.69) is 11.9 Å². The predicted octanol–water partition coefficient (Wildman–Crippen LogP) is 6.29. The first-order valence-corrected chi connectivity index (χ1v) is 9.35. The van der Waals surface area contributed by atoms with Gasteiger partial charge in [-0.3, -0.25) is 0 Å². The number of benzene rings is 2. The lowest BCUT2D eigenvalue weighted by atomic mass is 10.0. The van der Waals surface area contributed by atoms with Crippen LogP contribution in [0.5, 0.6) is 5.75 Å². The molecule has 6 heteroatoms. The van der Waals surface area contributed by atoms with Crippen LogP contribution in [0.25, 0.3) is 11.6 Å². The molecule has 0 fully saturated rings. The second-order valence-electron chi connectivity index (χ2n) is 6.70. The molecule has 3 rings (SSSR count).